The zero-order chi connectivity index (χ0) is 16.8. The summed E-state index contributed by atoms with van der Waals surface area (Å²) in [5.74, 6) is 1.83. The van der Waals surface area contributed by atoms with Gasteiger partial charge in [-0.05, 0) is 31.8 Å². The van der Waals surface area contributed by atoms with E-state index in [9.17, 15) is 0 Å². The Morgan fingerprint density at radius 3 is 2.57 bits per heavy atom. The Morgan fingerprint density at radius 2 is 2.04 bits per heavy atom. The minimum absolute atomic E-state index is 0.127. The molecule has 0 spiro atoms. The normalized spacial score (nSPS) is 12.0. The average Bonchev–Trinajstić information content (AvgIpc) is 2.97. The second-order valence-corrected chi connectivity index (χ2v) is 5.38. The zero-order valence-corrected chi connectivity index (χ0v) is 14.0. The molecule has 6 heteroatoms. The van der Waals surface area contributed by atoms with Gasteiger partial charge in [0.1, 0.15) is 11.8 Å². The van der Waals surface area contributed by atoms with Gasteiger partial charge in [-0.3, -0.25) is 0 Å². The van der Waals surface area contributed by atoms with E-state index in [0.29, 0.717) is 30.4 Å². The summed E-state index contributed by atoms with van der Waals surface area (Å²) < 4.78 is 10.8. The Kier molecular flexibility index (Phi) is 5.61. The van der Waals surface area contributed by atoms with Gasteiger partial charge in [0.05, 0.1) is 13.2 Å². The Morgan fingerprint density at radius 1 is 1.35 bits per heavy atom. The number of nitrogens with zero attached hydrogens (tertiary/aromatic N) is 3. The topological polar surface area (TPSA) is 74.3 Å². The van der Waals surface area contributed by atoms with Crippen molar-refractivity contribution in [1.29, 1.82) is 5.26 Å². The number of likely N-dealkylation sites (N-methyl/N-ethyl adjacent to an activating group) is 1. The van der Waals surface area contributed by atoms with Crippen molar-refractivity contribution in [2.24, 2.45) is 0 Å². The second-order valence-electron chi connectivity index (χ2n) is 5.38. The van der Waals surface area contributed by atoms with Crippen LogP contribution < -0.4 is 10.1 Å². The third-order valence-electron chi connectivity index (χ3n) is 3.66. The number of ether oxygens (including phenoxy) is 1. The van der Waals surface area contributed by atoms with Crippen LogP contribution in [0.5, 0.6) is 5.75 Å². The molecule has 1 aromatic heterocycles. The quantitative estimate of drug-likeness (QED) is 0.847. The number of benzene rings is 1. The molecule has 6 nitrogen and oxygen atoms in total. The fraction of sp³-hybridized carbons (Fsp3) is 0.412. The monoisotopic (exact) mass is 314 g/mol. The lowest BCUT2D eigenvalue weighted by Crippen LogP contribution is -2.26. The van der Waals surface area contributed by atoms with E-state index in [1.54, 1.807) is 7.11 Å². The van der Waals surface area contributed by atoms with Crippen molar-refractivity contribution in [3.63, 3.8) is 0 Å². The molecule has 23 heavy (non-hydrogen) atoms. The SMILES string of the molecule is CCc1nc(C#N)c(NC[C@@H](c2ccc(OC)cc2)N(C)C)o1. The Hall–Kier alpha value is -2.52. The molecule has 0 bridgehead atoms. The van der Waals surface area contributed by atoms with Gasteiger partial charge in [0.15, 0.2) is 5.89 Å². The van der Waals surface area contributed by atoms with Crippen LogP contribution in [0.3, 0.4) is 0 Å². The second kappa shape index (κ2) is 7.65. The summed E-state index contributed by atoms with van der Waals surface area (Å²) >= 11 is 0. The third-order valence-corrected chi connectivity index (χ3v) is 3.66. The first-order valence-corrected chi connectivity index (χ1v) is 7.53. The van der Waals surface area contributed by atoms with Crippen molar-refractivity contribution >= 4 is 5.88 Å². The van der Waals surface area contributed by atoms with Crippen molar-refractivity contribution < 1.29 is 9.15 Å². The molecule has 2 aromatic rings. The van der Waals surface area contributed by atoms with E-state index in [-0.39, 0.29) is 6.04 Å². The zero-order valence-electron chi connectivity index (χ0n) is 14.0. The minimum Gasteiger partial charge on any atom is -0.497 e. The lowest BCUT2D eigenvalue weighted by molar-refractivity contribution is 0.310. The molecule has 122 valence electrons. The Balaban J connectivity index is 2.14. The van der Waals surface area contributed by atoms with Crippen LogP contribution in [0.2, 0.25) is 0 Å². The van der Waals surface area contributed by atoms with Gasteiger partial charge in [-0.2, -0.15) is 5.26 Å². The predicted octanol–water partition coefficient (Wildman–Crippen LogP) is 2.83. The van der Waals surface area contributed by atoms with E-state index >= 15 is 0 Å². The largest absolute Gasteiger partial charge is 0.497 e. The molecule has 1 N–H and O–H groups in total. The van der Waals surface area contributed by atoms with Gasteiger partial charge in [0, 0.05) is 13.0 Å². The molecule has 0 unspecified atom stereocenters. The number of nitriles is 1. The maximum absolute atomic E-state index is 9.14. The van der Waals surface area contributed by atoms with E-state index in [2.05, 4.69) is 21.3 Å². The minimum atomic E-state index is 0.127. The lowest BCUT2D eigenvalue weighted by Gasteiger charge is -2.25. The Labute approximate surface area is 136 Å². The molecule has 0 aliphatic carbocycles. The average molecular weight is 314 g/mol. The van der Waals surface area contributed by atoms with Crippen LogP contribution in [0.15, 0.2) is 28.7 Å². The standard InChI is InChI=1S/C17H22N4O2/c1-5-16-20-14(10-18)17(23-16)19-11-15(21(2)3)12-6-8-13(22-4)9-7-12/h6-9,15,19H,5,11H2,1-4H3/t15-/m0/s1. The van der Waals surface area contributed by atoms with E-state index < -0.39 is 0 Å². The van der Waals surface area contributed by atoms with Gasteiger partial charge >= 0.3 is 0 Å². The van der Waals surface area contributed by atoms with Crippen LogP contribution in [0.25, 0.3) is 0 Å². The first-order valence-electron chi connectivity index (χ1n) is 7.53. The molecule has 1 heterocycles. The van der Waals surface area contributed by atoms with E-state index in [1.807, 2.05) is 45.3 Å². The number of hydrogen-bond donors (Lipinski definition) is 1. The van der Waals surface area contributed by atoms with Crippen molar-refractivity contribution in [3.8, 4) is 11.8 Å². The van der Waals surface area contributed by atoms with Crippen molar-refractivity contribution in [2.75, 3.05) is 33.1 Å². The van der Waals surface area contributed by atoms with E-state index in [4.69, 9.17) is 14.4 Å². The summed E-state index contributed by atoms with van der Waals surface area (Å²) in [7, 11) is 5.68. The number of anilines is 1. The number of rotatable bonds is 7. The molecule has 1 atom stereocenters. The Bertz CT molecular complexity index is 671. The number of aryl methyl sites for hydroxylation is 1. The highest BCUT2D eigenvalue weighted by molar-refractivity contribution is 5.45. The molecular weight excluding hydrogens is 292 g/mol. The lowest BCUT2D eigenvalue weighted by atomic mass is 10.1. The van der Waals surface area contributed by atoms with Gasteiger partial charge in [0.25, 0.3) is 0 Å². The highest BCUT2D eigenvalue weighted by Gasteiger charge is 2.17. The highest BCUT2D eigenvalue weighted by Crippen LogP contribution is 2.23. The molecule has 0 aliphatic heterocycles. The first-order chi connectivity index (χ1) is 11.1. The molecular formula is C17H22N4O2. The number of oxazole rings is 1. The molecule has 0 saturated heterocycles. The molecule has 0 aliphatic rings. The van der Waals surface area contributed by atoms with Gasteiger partial charge in [-0.15, -0.1) is 0 Å². The highest BCUT2D eigenvalue weighted by atomic mass is 16.5. The van der Waals surface area contributed by atoms with Crippen LogP contribution in [0.1, 0.15) is 30.1 Å². The third kappa shape index (κ3) is 4.02. The molecule has 2 rings (SSSR count). The van der Waals surface area contributed by atoms with Crippen molar-refractivity contribution in [2.45, 2.75) is 19.4 Å². The maximum atomic E-state index is 9.14. The smallest absolute Gasteiger partial charge is 0.232 e. The number of methoxy groups -OCH3 is 1. The van der Waals surface area contributed by atoms with Crippen molar-refractivity contribution in [3.05, 3.63) is 41.4 Å². The number of nitrogens with one attached hydrogen (secondary N) is 1. The molecule has 0 saturated carbocycles. The summed E-state index contributed by atoms with van der Waals surface area (Å²) in [5, 5.41) is 12.3. The van der Waals surface area contributed by atoms with E-state index in [0.717, 1.165) is 11.3 Å². The van der Waals surface area contributed by atoms with Gasteiger partial charge in [0.2, 0.25) is 11.6 Å². The first kappa shape index (κ1) is 16.8. The summed E-state index contributed by atoms with van der Waals surface area (Å²) in [5.41, 5.74) is 1.45. The summed E-state index contributed by atoms with van der Waals surface area (Å²) in [6, 6.07) is 10.1. The van der Waals surface area contributed by atoms with Crippen molar-refractivity contribution in [1.82, 2.24) is 9.88 Å². The number of aromatic nitrogens is 1. The van der Waals surface area contributed by atoms with Gasteiger partial charge in [-0.25, -0.2) is 4.98 Å². The fourth-order valence-corrected chi connectivity index (χ4v) is 2.33. The molecule has 0 radical (unpaired) electrons. The van der Waals surface area contributed by atoms with Crippen LogP contribution in [0, 0.1) is 11.3 Å². The summed E-state index contributed by atoms with van der Waals surface area (Å²) in [6.45, 7) is 2.54. The number of hydrogen-bond acceptors (Lipinski definition) is 6. The molecule has 0 amide bonds. The van der Waals surface area contributed by atoms with E-state index in [1.165, 1.54) is 0 Å². The van der Waals surface area contributed by atoms with Gasteiger partial charge < -0.3 is 19.4 Å². The van der Waals surface area contributed by atoms with Gasteiger partial charge in [-0.1, -0.05) is 19.1 Å². The molecule has 1 aromatic carbocycles. The van der Waals surface area contributed by atoms with Crippen LogP contribution in [0.4, 0.5) is 5.88 Å². The van der Waals surface area contributed by atoms with Crippen LogP contribution in [-0.2, 0) is 6.42 Å². The fourth-order valence-electron chi connectivity index (χ4n) is 2.33. The molecule has 0 fully saturated rings. The van der Waals surface area contributed by atoms with Crippen LogP contribution in [-0.4, -0.2) is 37.6 Å². The summed E-state index contributed by atoms with van der Waals surface area (Å²) in [4.78, 5) is 6.25. The predicted molar refractivity (Wildman–Crippen MR) is 88.5 cm³/mol. The summed E-state index contributed by atoms with van der Waals surface area (Å²) in [6.07, 6.45) is 0.659. The maximum Gasteiger partial charge on any atom is 0.232 e. The van der Waals surface area contributed by atoms with Crippen LogP contribution >= 0.6 is 0 Å².